The summed E-state index contributed by atoms with van der Waals surface area (Å²) in [6, 6.07) is 11.3. The van der Waals surface area contributed by atoms with Crippen LogP contribution >= 0.6 is 0 Å². The summed E-state index contributed by atoms with van der Waals surface area (Å²) >= 11 is 0. The molecule has 2 aromatic rings. The van der Waals surface area contributed by atoms with E-state index in [2.05, 4.69) is 4.98 Å². The van der Waals surface area contributed by atoms with Crippen LogP contribution < -0.4 is 10.2 Å². The van der Waals surface area contributed by atoms with E-state index in [1.165, 1.54) is 12.1 Å². The summed E-state index contributed by atoms with van der Waals surface area (Å²) in [5, 5.41) is 9.29. The number of ether oxygens (including phenoxy) is 1. The molecule has 0 radical (unpaired) electrons. The Balaban J connectivity index is 2.53. The van der Waals surface area contributed by atoms with Gasteiger partial charge in [0.15, 0.2) is 5.75 Å². The summed E-state index contributed by atoms with van der Waals surface area (Å²) in [5.41, 5.74) is 1.000. The predicted octanol–water partition coefficient (Wildman–Crippen LogP) is 1.82. The Kier molecular flexibility index (Phi) is 3.05. The van der Waals surface area contributed by atoms with Crippen LogP contribution in [0.2, 0.25) is 0 Å². The highest BCUT2D eigenvalue weighted by atomic mass is 16.5. The SMILES string of the molecule is COc1cccc(-c2ccc(O)c(=O)cc2)n1. The first kappa shape index (κ1) is 11.1. The average molecular weight is 229 g/mol. The second kappa shape index (κ2) is 4.65. The minimum absolute atomic E-state index is 0.279. The number of rotatable bonds is 2. The van der Waals surface area contributed by atoms with Gasteiger partial charge in [0.05, 0.1) is 12.8 Å². The third-order valence-electron chi connectivity index (χ3n) is 2.32. The van der Waals surface area contributed by atoms with E-state index in [-0.39, 0.29) is 5.75 Å². The first-order chi connectivity index (χ1) is 8.20. The maximum atomic E-state index is 11.2. The number of nitrogens with zero attached hydrogens (tertiary/aromatic N) is 1. The van der Waals surface area contributed by atoms with Gasteiger partial charge in [-0.05, 0) is 30.3 Å². The lowest BCUT2D eigenvalue weighted by Gasteiger charge is -2.01. The maximum absolute atomic E-state index is 11.2. The molecule has 0 bridgehead atoms. The Hall–Kier alpha value is -2.36. The van der Waals surface area contributed by atoms with Crippen LogP contribution in [0.25, 0.3) is 11.3 Å². The summed E-state index contributed by atoms with van der Waals surface area (Å²) < 4.78 is 5.02. The monoisotopic (exact) mass is 229 g/mol. The normalized spacial score (nSPS) is 9.94. The zero-order valence-electron chi connectivity index (χ0n) is 9.25. The van der Waals surface area contributed by atoms with Crippen LogP contribution in [0.5, 0.6) is 11.6 Å². The van der Waals surface area contributed by atoms with Crippen molar-refractivity contribution in [3.63, 3.8) is 0 Å². The fourth-order valence-corrected chi connectivity index (χ4v) is 1.42. The first-order valence-electron chi connectivity index (χ1n) is 5.05. The molecule has 2 rings (SSSR count). The Bertz CT molecular complexity index is 596. The van der Waals surface area contributed by atoms with Crippen LogP contribution in [0.1, 0.15) is 0 Å². The summed E-state index contributed by atoms with van der Waals surface area (Å²) in [6.45, 7) is 0. The number of pyridine rings is 1. The van der Waals surface area contributed by atoms with Crippen molar-refractivity contribution in [2.45, 2.75) is 0 Å². The van der Waals surface area contributed by atoms with Gasteiger partial charge in [-0.2, -0.15) is 0 Å². The van der Waals surface area contributed by atoms with E-state index in [0.717, 1.165) is 5.56 Å². The van der Waals surface area contributed by atoms with Gasteiger partial charge in [0, 0.05) is 11.6 Å². The second-order valence-corrected chi connectivity index (χ2v) is 3.44. The molecule has 0 amide bonds. The van der Waals surface area contributed by atoms with E-state index in [1.807, 2.05) is 6.07 Å². The van der Waals surface area contributed by atoms with E-state index >= 15 is 0 Å². The highest BCUT2D eigenvalue weighted by Crippen LogP contribution is 2.19. The van der Waals surface area contributed by atoms with Gasteiger partial charge in [-0.1, -0.05) is 6.07 Å². The molecule has 1 aromatic heterocycles. The lowest BCUT2D eigenvalue weighted by molar-refractivity contribution is 0.398. The molecule has 0 saturated heterocycles. The molecule has 1 N–H and O–H groups in total. The van der Waals surface area contributed by atoms with Gasteiger partial charge in [-0.15, -0.1) is 0 Å². The fraction of sp³-hybridized carbons (Fsp3) is 0.0769. The predicted molar refractivity (Wildman–Crippen MR) is 64.2 cm³/mol. The average Bonchev–Trinajstić information content (AvgIpc) is 2.53. The van der Waals surface area contributed by atoms with Crippen LogP contribution in [0.3, 0.4) is 0 Å². The zero-order chi connectivity index (χ0) is 12.3. The van der Waals surface area contributed by atoms with E-state index in [4.69, 9.17) is 4.74 Å². The van der Waals surface area contributed by atoms with Crippen LogP contribution in [-0.2, 0) is 0 Å². The van der Waals surface area contributed by atoms with Crippen molar-refractivity contribution in [2.75, 3.05) is 7.11 Å². The molecule has 1 aromatic carbocycles. The Morgan fingerprint density at radius 3 is 2.65 bits per heavy atom. The number of hydrogen-bond donors (Lipinski definition) is 1. The van der Waals surface area contributed by atoms with Crippen molar-refractivity contribution < 1.29 is 9.84 Å². The summed E-state index contributed by atoms with van der Waals surface area (Å²) in [7, 11) is 1.54. The molecular formula is C13H11NO3. The van der Waals surface area contributed by atoms with Crippen molar-refractivity contribution in [3.8, 4) is 22.9 Å². The topological polar surface area (TPSA) is 59.4 Å². The van der Waals surface area contributed by atoms with Crippen LogP contribution in [-0.4, -0.2) is 17.2 Å². The molecule has 0 atom stereocenters. The smallest absolute Gasteiger partial charge is 0.220 e. The summed E-state index contributed by atoms with van der Waals surface area (Å²) in [5.74, 6) is 0.222. The largest absolute Gasteiger partial charge is 0.504 e. The van der Waals surface area contributed by atoms with Crippen LogP contribution in [0.15, 0.2) is 47.3 Å². The Labute approximate surface area is 98.2 Å². The van der Waals surface area contributed by atoms with Crippen molar-refractivity contribution in [2.24, 2.45) is 0 Å². The number of aromatic hydroxyl groups is 1. The van der Waals surface area contributed by atoms with E-state index in [1.54, 1.807) is 31.4 Å². The molecule has 0 spiro atoms. The molecule has 0 unspecified atom stereocenters. The number of hydrogen-bond acceptors (Lipinski definition) is 4. The third-order valence-corrected chi connectivity index (χ3v) is 2.32. The third kappa shape index (κ3) is 2.42. The van der Waals surface area contributed by atoms with Crippen molar-refractivity contribution in [3.05, 3.63) is 52.7 Å². The van der Waals surface area contributed by atoms with Crippen molar-refractivity contribution in [1.82, 2.24) is 4.98 Å². The fourth-order valence-electron chi connectivity index (χ4n) is 1.42. The van der Waals surface area contributed by atoms with E-state index < -0.39 is 5.43 Å². The second-order valence-electron chi connectivity index (χ2n) is 3.44. The molecule has 17 heavy (non-hydrogen) atoms. The van der Waals surface area contributed by atoms with Gasteiger partial charge in [-0.3, -0.25) is 4.79 Å². The number of aromatic nitrogens is 1. The molecule has 4 nitrogen and oxygen atoms in total. The molecule has 1 heterocycles. The van der Waals surface area contributed by atoms with Crippen LogP contribution in [0.4, 0.5) is 0 Å². The first-order valence-corrected chi connectivity index (χ1v) is 5.05. The lowest BCUT2D eigenvalue weighted by atomic mass is 10.2. The minimum atomic E-state index is -0.417. The zero-order valence-corrected chi connectivity index (χ0v) is 9.25. The quantitative estimate of drug-likeness (QED) is 0.853. The highest BCUT2D eigenvalue weighted by molar-refractivity contribution is 5.59. The van der Waals surface area contributed by atoms with Crippen molar-refractivity contribution >= 4 is 0 Å². The lowest BCUT2D eigenvalue weighted by Crippen LogP contribution is -1.91. The maximum Gasteiger partial charge on any atom is 0.220 e. The van der Waals surface area contributed by atoms with Gasteiger partial charge < -0.3 is 9.84 Å². The Morgan fingerprint density at radius 2 is 1.88 bits per heavy atom. The number of methoxy groups -OCH3 is 1. The standard InChI is InChI=1S/C13H11NO3/c1-17-13-4-2-3-10(14-13)9-5-7-11(15)12(16)8-6-9/h2-8H,1H3,(H,15,16). The van der Waals surface area contributed by atoms with E-state index in [9.17, 15) is 9.90 Å². The Morgan fingerprint density at radius 1 is 1.12 bits per heavy atom. The van der Waals surface area contributed by atoms with Gasteiger partial charge in [0.1, 0.15) is 0 Å². The molecule has 0 aliphatic heterocycles. The molecule has 0 saturated carbocycles. The molecule has 0 aliphatic rings. The molecule has 0 fully saturated rings. The summed E-state index contributed by atoms with van der Waals surface area (Å²) in [4.78, 5) is 15.5. The molecular weight excluding hydrogens is 218 g/mol. The van der Waals surface area contributed by atoms with Gasteiger partial charge >= 0.3 is 0 Å². The van der Waals surface area contributed by atoms with Gasteiger partial charge in [0.2, 0.25) is 11.3 Å². The van der Waals surface area contributed by atoms with Gasteiger partial charge in [0.25, 0.3) is 0 Å². The summed E-state index contributed by atoms with van der Waals surface area (Å²) in [6.07, 6.45) is 0. The van der Waals surface area contributed by atoms with Crippen molar-refractivity contribution in [1.29, 1.82) is 0 Å². The van der Waals surface area contributed by atoms with Crippen LogP contribution in [0, 0.1) is 0 Å². The highest BCUT2D eigenvalue weighted by Gasteiger charge is 2.01. The van der Waals surface area contributed by atoms with E-state index in [0.29, 0.717) is 11.6 Å². The minimum Gasteiger partial charge on any atom is -0.504 e. The molecule has 4 heteroatoms. The van der Waals surface area contributed by atoms with Gasteiger partial charge in [-0.25, -0.2) is 4.98 Å². The molecule has 86 valence electrons. The molecule has 0 aliphatic carbocycles.